The number of nitrogens with zero attached hydrogens (tertiary/aromatic N) is 3. The number of amides is 3. The molecule has 0 radical (unpaired) electrons. The number of fused-ring (bicyclic) bond motifs is 1. The van der Waals surface area contributed by atoms with Crippen molar-refractivity contribution in [3.8, 4) is 0 Å². The molecule has 0 saturated carbocycles. The van der Waals surface area contributed by atoms with Gasteiger partial charge in [0.2, 0.25) is 11.8 Å². The Bertz CT molecular complexity index is 1450. The molecule has 5 rings (SSSR count). The SMILES string of the molecule is C=CCN(Cc1ccccc1)C(=O)[C@H]1[C@H]2C(=O)N([C@@H](CO)C(C)C)C(C(=O)N(CC=C)c3ccccc3Cl)C23CC[C@]1(CC)O3. The highest BCUT2D eigenvalue weighted by molar-refractivity contribution is 6.34. The van der Waals surface area contributed by atoms with E-state index in [1.807, 2.05) is 51.1 Å². The van der Waals surface area contributed by atoms with Crippen LogP contribution < -0.4 is 4.90 Å². The second-order valence-corrected chi connectivity index (χ2v) is 13.2. The van der Waals surface area contributed by atoms with Gasteiger partial charge in [-0.15, -0.1) is 13.2 Å². The van der Waals surface area contributed by atoms with E-state index in [0.717, 1.165) is 5.56 Å². The van der Waals surface area contributed by atoms with E-state index in [1.165, 1.54) is 9.80 Å². The first kappa shape index (κ1) is 32.9. The van der Waals surface area contributed by atoms with Crippen LogP contribution in [0.2, 0.25) is 5.02 Å². The fourth-order valence-corrected chi connectivity index (χ4v) is 8.17. The standard InChI is InChI=1S/C36H44ClN3O5/c1-6-20-38(22-25-14-10-9-11-15-25)32(42)29-30-33(43)40(28(23-41)24(4)5)31(36(30)19-18-35(29,8-3)45-36)34(44)39(21-7-2)27-17-13-12-16-26(27)37/h6-7,9-17,24,28-31,41H,1-2,8,18-23H2,3-5H3/t28-,29+,30-,31?,35-,36?/m0/s1. The molecule has 6 atom stereocenters. The smallest absolute Gasteiger partial charge is 0.253 e. The molecule has 0 aliphatic carbocycles. The molecule has 240 valence electrons. The number of hydrogen-bond acceptors (Lipinski definition) is 5. The lowest BCUT2D eigenvalue weighted by Crippen LogP contribution is -2.60. The summed E-state index contributed by atoms with van der Waals surface area (Å²) in [7, 11) is 0. The van der Waals surface area contributed by atoms with Gasteiger partial charge in [0.15, 0.2) is 0 Å². The Labute approximate surface area is 271 Å². The Morgan fingerprint density at radius 3 is 2.33 bits per heavy atom. The largest absolute Gasteiger partial charge is 0.394 e. The highest BCUT2D eigenvalue weighted by Crippen LogP contribution is 2.65. The van der Waals surface area contributed by atoms with Crippen LogP contribution in [0, 0.1) is 17.8 Å². The zero-order valence-corrected chi connectivity index (χ0v) is 27.2. The van der Waals surface area contributed by atoms with Gasteiger partial charge in [-0.25, -0.2) is 0 Å². The number of ether oxygens (including phenoxy) is 1. The number of benzene rings is 2. The van der Waals surface area contributed by atoms with Gasteiger partial charge in [-0.1, -0.05) is 87.0 Å². The number of anilines is 1. The Balaban J connectivity index is 1.64. The number of para-hydroxylation sites is 1. The van der Waals surface area contributed by atoms with Crippen molar-refractivity contribution >= 4 is 35.0 Å². The average Bonchev–Trinajstić information content (AvgIpc) is 3.64. The van der Waals surface area contributed by atoms with E-state index in [0.29, 0.717) is 43.1 Å². The summed E-state index contributed by atoms with van der Waals surface area (Å²) in [6.45, 7) is 14.0. The predicted molar refractivity (Wildman–Crippen MR) is 175 cm³/mol. The van der Waals surface area contributed by atoms with Crippen LogP contribution >= 0.6 is 11.6 Å². The van der Waals surface area contributed by atoms with Crippen LogP contribution in [0.25, 0.3) is 0 Å². The quantitative estimate of drug-likeness (QED) is 0.305. The Morgan fingerprint density at radius 1 is 1.07 bits per heavy atom. The summed E-state index contributed by atoms with van der Waals surface area (Å²) in [5, 5.41) is 11.0. The third-order valence-corrected chi connectivity index (χ3v) is 10.4. The van der Waals surface area contributed by atoms with E-state index in [2.05, 4.69) is 13.2 Å². The first-order valence-electron chi connectivity index (χ1n) is 15.8. The van der Waals surface area contributed by atoms with Gasteiger partial charge < -0.3 is 24.5 Å². The van der Waals surface area contributed by atoms with E-state index in [4.69, 9.17) is 16.3 Å². The Hall–Kier alpha value is -3.46. The molecule has 2 bridgehead atoms. The normalized spacial score (nSPS) is 27.4. The van der Waals surface area contributed by atoms with Crippen molar-refractivity contribution in [2.24, 2.45) is 17.8 Å². The summed E-state index contributed by atoms with van der Waals surface area (Å²) < 4.78 is 7.01. The first-order valence-corrected chi connectivity index (χ1v) is 16.2. The second-order valence-electron chi connectivity index (χ2n) is 12.8. The summed E-state index contributed by atoms with van der Waals surface area (Å²) in [6.07, 6.45) is 4.79. The minimum Gasteiger partial charge on any atom is -0.394 e. The van der Waals surface area contributed by atoms with E-state index in [-0.39, 0.29) is 36.8 Å². The van der Waals surface area contributed by atoms with Crippen molar-refractivity contribution in [1.29, 1.82) is 0 Å². The molecule has 3 aliphatic heterocycles. The number of carbonyl (C=O) groups excluding carboxylic acids is 3. The van der Waals surface area contributed by atoms with Crippen LogP contribution in [0.5, 0.6) is 0 Å². The van der Waals surface area contributed by atoms with E-state index in [1.54, 1.807) is 41.3 Å². The van der Waals surface area contributed by atoms with Crippen molar-refractivity contribution in [2.45, 2.75) is 69.9 Å². The van der Waals surface area contributed by atoms with Crippen molar-refractivity contribution in [3.05, 3.63) is 90.5 Å². The lowest BCUT2D eigenvalue weighted by molar-refractivity contribution is -0.154. The lowest BCUT2D eigenvalue weighted by Gasteiger charge is -2.41. The molecule has 1 N–H and O–H groups in total. The van der Waals surface area contributed by atoms with Crippen molar-refractivity contribution in [1.82, 2.24) is 9.80 Å². The molecule has 3 fully saturated rings. The van der Waals surface area contributed by atoms with Gasteiger partial charge in [-0.2, -0.15) is 0 Å². The number of aliphatic hydroxyl groups excluding tert-OH is 1. The monoisotopic (exact) mass is 633 g/mol. The van der Waals surface area contributed by atoms with E-state index >= 15 is 0 Å². The molecule has 2 unspecified atom stereocenters. The summed E-state index contributed by atoms with van der Waals surface area (Å²) in [5.74, 6) is -2.74. The highest BCUT2D eigenvalue weighted by atomic mass is 35.5. The van der Waals surface area contributed by atoms with Crippen LogP contribution in [-0.2, 0) is 25.7 Å². The van der Waals surface area contributed by atoms with Crippen LogP contribution in [0.15, 0.2) is 79.9 Å². The topological polar surface area (TPSA) is 90.4 Å². The highest BCUT2D eigenvalue weighted by Gasteiger charge is 2.79. The average molecular weight is 634 g/mol. The van der Waals surface area contributed by atoms with Gasteiger partial charge in [-0.05, 0) is 42.9 Å². The van der Waals surface area contributed by atoms with Crippen LogP contribution in [-0.4, -0.2) is 75.6 Å². The van der Waals surface area contributed by atoms with Gasteiger partial charge in [0.1, 0.15) is 11.6 Å². The molecule has 45 heavy (non-hydrogen) atoms. The second kappa shape index (κ2) is 13.1. The third kappa shape index (κ3) is 5.41. The third-order valence-electron chi connectivity index (χ3n) is 10.0. The fraction of sp³-hybridized carbons (Fsp3) is 0.472. The predicted octanol–water partition coefficient (Wildman–Crippen LogP) is 5.25. The van der Waals surface area contributed by atoms with Gasteiger partial charge in [0.05, 0.1) is 40.8 Å². The fourth-order valence-electron chi connectivity index (χ4n) is 7.93. The van der Waals surface area contributed by atoms with Gasteiger partial charge >= 0.3 is 0 Å². The Kier molecular flexibility index (Phi) is 9.59. The van der Waals surface area contributed by atoms with Crippen LogP contribution in [0.1, 0.15) is 45.6 Å². The van der Waals surface area contributed by atoms with Gasteiger partial charge in [0, 0.05) is 19.6 Å². The maximum atomic E-state index is 14.9. The van der Waals surface area contributed by atoms with Crippen LogP contribution in [0.3, 0.4) is 0 Å². The maximum absolute atomic E-state index is 14.9. The molecule has 3 saturated heterocycles. The number of halogens is 1. The minimum atomic E-state index is -1.25. The van der Waals surface area contributed by atoms with Crippen LogP contribution in [0.4, 0.5) is 5.69 Å². The number of hydrogen-bond donors (Lipinski definition) is 1. The van der Waals surface area contributed by atoms with Gasteiger partial charge in [-0.3, -0.25) is 14.4 Å². The molecule has 8 nitrogen and oxygen atoms in total. The zero-order chi connectivity index (χ0) is 32.5. The van der Waals surface area contributed by atoms with Crippen molar-refractivity contribution < 1.29 is 24.2 Å². The first-order chi connectivity index (χ1) is 21.6. The number of carbonyl (C=O) groups is 3. The molecular formula is C36H44ClN3O5. The lowest BCUT2D eigenvalue weighted by atomic mass is 9.64. The Morgan fingerprint density at radius 2 is 1.73 bits per heavy atom. The minimum absolute atomic E-state index is 0.152. The summed E-state index contributed by atoms with van der Waals surface area (Å²) in [5.41, 5.74) is -0.699. The van der Waals surface area contributed by atoms with Crippen molar-refractivity contribution in [2.75, 3.05) is 24.6 Å². The van der Waals surface area contributed by atoms with E-state index in [9.17, 15) is 19.5 Å². The number of likely N-dealkylation sites (tertiary alicyclic amines) is 1. The molecule has 0 aromatic heterocycles. The molecule has 3 amide bonds. The number of rotatable bonds is 13. The maximum Gasteiger partial charge on any atom is 0.253 e. The molecule has 9 heteroatoms. The van der Waals surface area contributed by atoms with Crippen molar-refractivity contribution in [3.63, 3.8) is 0 Å². The van der Waals surface area contributed by atoms with E-state index < -0.39 is 35.1 Å². The molecule has 1 spiro atoms. The summed E-state index contributed by atoms with van der Waals surface area (Å²) in [4.78, 5) is 49.2. The summed E-state index contributed by atoms with van der Waals surface area (Å²) >= 11 is 6.60. The molecule has 3 aliphatic rings. The molecular weight excluding hydrogens is 590 g/mol. The zero-order valence-electron chi connectivity index (χ0n) is 26.4. The number of aliphatic hydroxyl groups is 1. The summed E-state index contributed by atoms with van der Waals surface area (Å²) in [6, 6.07) is 15.0. The van der Waals surface area contributed by atoms with Gasteiger partial charge in [0.25, 0.3) is 5.91 Å². The molecule has 2 aromatic rings. The molecule has 3 heterocycles. The molecule has 2 aromatic carbocycles.